The number of hydrogen-bond acceptors (Lipinski definition) is 11. The maximum absolute atomic E-state index is 3.41. The smallest absolute Gasteiger partial charge is 0.00344 e. The van der Waals surface area contributed by atoms with Crippen LogP contribution in [0.4, 0.5) is 0 Å². The average Bonchev–Trinajstić information content (AvgIpc) is 2.03. The van der Waals surface area contributed by atoms with Gasteiger partial charge in [0.2, 0.25) is 0 Å². The summed E-state index contributed by atoms with van der Waals surface area (Å²) in [4.78, 5) is 0. The third-order valence-corrected chi connectivity index (χ3v) is 2.00. The number of alkyl halides is 1. The summed E-state index contributed by atoms with van der Waals surface area (Å²) < 4.78 is 0. The molecule has 0 radical (unpaired) electrons. The van der Waals surface area contributed by atoms with Gasteiger partial charge in [0.25, 0.3) is 0 Å². The van der Waals surface area contributed by atoms with E-state index in [0.717, 1.165) is 5.33 Å². The van der Waals surface area contributed by atoms with Crippen molar-refractivity contribution in [2.24, 2.45) is 0 Å². The molecule has 0 saturated heterocycles. The van der Waals surface area contributed by atoms with E-state index in [0.29, 0.717) is 0 Å². The lowest BCUT2D eigenvalue weighted by Gasteiger charge is -1.95. The van der Waals surface area contributed by atoms with Gasteiger partial charge in [0.15, 0.2) is 0 Å². The zero-order valence-electron chi connectivity index (χ0n) is 13.7. The van der Waals surface area contributed by atoms with Gasteiger partial charge in [-0.2, -0.15) is 0 Å². The molecule has 142 valence electrons. The first kappa shape index (κ1) is 87.6. The summed E-state index contributed by atoms with van der Waals surface area (Å²) in [6.45, 7) is 0. The summed E-state index contributed by atoms with van der Waals surface area (Å²) in [7, 11) is 0. The summed E-state index contributed by atoms with van der Waals surface area (Å²) in [5.41, 5.74) is 1.43. The molecule has 0 atom stereocenters. The van der Waals surface area contributed by atoms with Crippen molar-refractivity contribution in [3.05, 3.63) is 35.9 Å². The van der Waals surface area contributed by atoms with E-state index in [4.69, 9.17) is 0 Å². The Morgan fingerprint density at radius 3 is 1.19 bits per heavy atom. The van der Waals surface area contributed by atoms with Crippen LogP contribution in [0.1, 0.15) is 12.0 Å². The highest BCUT2D eigenvalue weighted by atomic mass is 79.9. The van der Waals surface area contributed by atoms with E-state index in [1.165, 1.54) is 18.4 Å². The van der Waals surface area contributed by atoms with Crippen molar-refractivity contribution in [3.63, 3.8) is 0 Å². The Morgan fingerprint density at radius 2 is 0.905 bits per heavy atom. The third-order valence-electron chi connectivity index (χ3n) is 1.44. The molecule has 0 aliphatic carbocycles. The van der Waals surface area contributed by atoms with E-state index < -0.39 is 0 Å². The summed E-state index contributed by atoms with van der Waals surface area (Å²) in [6, 6.07) is 10.6. The Balaban J connectivity index is -0.0000000101. The van der Waals surface area contributed by atoms with Crippen LogP contribution in [0, 0.1) is 0 Å². The Kier molecular flexibility index (Phi) is 255. The molecule has 1 rings (SSSR count). The van der Waals surface area contributed by atoms with Crippen molar-refractivity contribution in [1.29, 1.82) is 0 Å². The molecule has 21 heavy (non-hydrogen) atoms. The van der Waals surface area contributed by atoms with Gasteiger partial charge in [0, 0.05) is 5.33 Å². The van der Waals surface area contributed by atoms with Gasteiger partial charge in [-0.15, -0.1) is 0 Å². The first-order valence-corrected chi connectivity index (χ1v) is 4.65. The Bertz CT molecular complexity index is 190. The van der Waals surface area contributed by atoms with Crippen LogP contribution in [0.5, 0.6) is 0 Å². The van der Waals surface area contributed by atoms with E-state index in [1.54, 1.807) is 0 Å². The molecular formula is C9H44BrN11. The van der Waals surface area contributed by atoms with Gasteiger partial charge < -0.3 is 67.7 Å². The molecule has 0 bridgehead atoms. The summed E-state index contributed by atoms with van der Waals surface area (Å²) in [6.07, 6.45) is 2.41. The van der Waals surface area contributed by atoms with Crippen molar-refractivity contribution < 1.29 is 0 Å². The monoisotopic (exact) mass is 385 g/mol. The molecule has 1 aromatic carbocycles. The van der Waals surface area contributed by atoms with E-state index in [1.807, 2.05) is 0 Å². The second-order valence-corrected chi connectivity index (χ2v) is 3.07. The van der Waals surface area contributed by atoms with Gasteiger partial charge in [0.1, 0.15) is 0 Å². The fourth-order valence-electron chi connectivity index (χ4n) is 0.916. The molecule has 12 heteroatoms. The summed E-state index contributed by atoms with van der Waals surface area (Å²) in [5.74, 6) is 0. The first-order chi connectivity index (χ1) is 4.93. The molecule has 33 N–H and O–H groups in total. The second-order valence-electron chi connectivity index (χ2n) is 2.28. The maximum Gasteiger partial charge on any atom is 0.00344 e. The standard InChI is InChI=1S/C9H11Br.11H3N/c10-8-4-7-9-5-2-1-3-6-9;;;;;;;;;;;/h1-3,5-6H,4,7-8H2;11*1H3. The van der Waals surface area contributed by atoms with E-state index in [-0.39, 0.29) is 67.7 Å². The minimum Gasteiger partial charge on any atom is -0.344 e. The van der Waals surface area contributed by atoms with Crippen molar-refractivity contribution >= 4 is 15.9 Å². The Labute approximate surface area is 138 Å². The number of benzene rings is 1. The highest BCUT2D eigenvalue weighted by Crippen LogP contribution is 2.02. The maximum atomic E-state index is 3.41. The highest BCUT2D eigenvalue weighted by molar-refractivity contribution is 9.09. The molecule has 0 aliphatic heterocycles. The predicted octanol–water partition coefficient (Wildman–Crippen LogP) is 4.80. The minimum absolute atomic E-state index is 0. The molecule has 1 aromatic rings. The Morgan fingerprint density at radius 1 is 0.571 bits per heavy atom. The van der Waals surface area contributed by atoms with Crippen LogP contribution in [0.3, 0.4) is 0 Å². The number of aryl methyl sites for hydroxylation is 1. The minimum atomic E-state index is 0. The summed E-state index contributed by atoms with van der Waals surface area (Å²) in [5, 5.41) is 1.10. The largest absolute Gasteiger partial charge is 0.344 e. The number of halogens is 1. The molecular weight excluding hydrogens is 342 g/mol. The molecule has 0 spiro atoms. The van der Waals surface area contributed by atoms with Crippen LogP contribution >= 0.6 is 15.9 Å². The van der Waals surface area contributed by atoms with Gasteiger partial charge in [-0.25, -0.2) is 0 Å². The van der Waals surface area contributed by atoms with E-state index >= 15 is 0 Å². The zero-order chi connectivity index (χ0) is 7.23. The fourth-order valence-corrected chi connectivity index (χ4v) is 1.20. The van der Waals surface area contributed by atoms with Gasteiger partial charge >= 0.3 is 0 Å². The Hall–Kier alpha value is -0.740. The second kappa shape index (κ2) is 61.0. The highest BCUT2D eigenvalue weighted by Gasteiger charge is 1.87. The lowest BCUT2D eigenvalue weighted by Crippen LogP contribution is -1.83. The average molecular weight is 386 g/mol. The van der Waals surface area contributed by atoms with Gasteiger partial charge in [-0.3, -0.25) is 0 Å². The van der Waals surface area contributed by atoms with Gasteiger partial charge in [-0.1, -0.05) is 46.3 Å². The number of rotatable bonds is 3. The number of hydrogen-bond donors (Lipinski definition) is 11. The van der Waals surface area contributed by atoms with Gasteiger partial charge in [-0.05, 0) is 18.4 Å². The lowest BCUT2D eigenvalue weighted by atomic mass is 10.1. The van der Waals surface area contributed by atoms with Crippen LogP contribution in [-0.2, 0) is 6.42 Å². The molecule has 0 aromatic heterocycles. The van der Waals surface area contributed by atoms with Gasteiger partial charge in [0.05, 0.1) is 0 Å². The molecule has 11 nitrogen and oxygen atoms in total. The topological polar surface area (TPSA) is 385 Å². The molecule has 0 fully saturated rings. The first-order valence-electron chi connectivity index (χ1n) is 3.53. The normalized spacial score (nSPS) is 4.62. The van der Waals surface area contributed by atoms with Crippen molar-refractivity contribution in [1.82, 2.24) is 67.7 Å². The van der Waals surface area contributed by atoms with Crippen molar-refractivity contribution in [2.75, 3.05) is 5.33 Å². The van der Waals surface area contributed by atoms with E-state index in [9.17, 15) is 0 Å². The SMILES string of the molecule is BrCCCc1ccccc1.N.N.N.N.N.N.N.N.N.N.N. The fraction of sp³-hybridized carbons (Fsp3) is 0.333. The van der Waals surface area contributed by atoms with Crippen LogP contribution in [0.15, 0.2) is 30.3 Å². The lowest BCUT2D eigenvalue weighted by molar-refractivity contribution is 0.940. The third kappa shape index (κ3) is 45.3. The van der Waals surface area contributed by atoms with Crippen molar-refractivity contribution in [2.45, 2.75) is 12.8 Å². The van der Waals surface area contributed by atoms with Crippen LogP contribution in [0.2, 0.25) is 0 Å². The van der Waals surface area contributed by atoms with Crippen molar-refractivity contribution in [3.8, 4) is 0 Å². The van der Waals surface area contributed by atoms with Crippen LogP contribution < -0.4 is 67.7 Å². The van der Waals surface area contributed by atoms with E-state index in [2.05, 4.69) is 46.3 Å². The quantitative estimate of drug-likeness (QED) is 0.313. The predicted molar refractivity (Wildman–Crippen MR) is 104 cm³/mol. The molecule has 0 heterocycles. The molecule has 0 amide bonds. The zero-order valence-corrected chi connectivity index (χ0v) is 15.3. The van der Waals surface area contributed by atoms with Crippen LogP contribution in [0.25, 0.3) is 0 Å². The molecule has 0 saturated carbocycles. The molecule has 0 unspecified atom stereocenters. The molecule has 0 aliphatic rings. The summed E-state index contributed by atoms with van der Waals surface area (Å²) >= 11 is 3.41. The van der Waals surface area contributed by atoms with Crippen LogP contribution in [-0.4, -0.2) is 5.33 Å².